The molecule has 2 nitrogen and oxygen atoms in total. The predicted molar refractivity (Wildman–Crippen MR) is 176 cm³/mol. The Morgan fingerprint density at radius 2 is 1.66 bits per heavy atom. The lowest BCUT2D eigenvalue weighted by Crippen LogP contribution is -2.50. The molecule has 0 bridgehead atoms. The molecular weight excluding hydrogens is 507 g/mol. The van der Waals surface area contributed by atoms with Crippen molar-refractivity contribution >= 4 is 11.6 Å². The van der Waals surface area contributed by atoms with E-state index in [0.29, 0.717) is 36.4 Å². The van der Waals surface area contributed by atoms with Gasteiger partial charge in [-0.1, -0.05) is 79.4 Å². The Labute approximate surface area is 254 Å². The fraction of sp³-hybridized carbons (Fsp3) is 0.737. The molecule has 7 unspecified atom stereocenters. The second-order valence-electron chi connectivity index (χ2n) is 13.3. The minimum atomic E-state index is -1.21. The summed E-state index contributed by atoms with van der Waals surface area (Å²) in [6.07, 6.45) is 25.4. The van der Waals surface area contributed by atoms with Gasteiger partial charge in [0.1, 0.15) is 11.5 Å². The first kappa shape index (κ1) is 39.0. The molecule has 41 heavy (non-hydrogen) atoms. The van der Waals surface area contributed by atoms with Crippen molar-refractivity contribution < 1.29 is 14.0 Å². The van der Waals surface area contributed by atoms with Crippen molar-refractivity contribution in [3.05, 3.63) is 37.0 Å². The zero-order chi connectivity index (χ0) is 32.0. The minimum Gasteiger partial charge on any atom is -0.299 e. The van der Waals surface area contributed by atoms with E-state index in [0.717, 1.165) is 38.5 Å². The van der Waals surface area contributed by atoms with Crippen LogP contribution in [0.15, 0.2) is 37.0 Å². The summed E-state index contributed by atoms with van der Waals surface area (Å²) in [5.41, 5.74) is 0.224. The van der Waals surface area contributed by atoms with Gasteiger partial charge in [0.2, 0.25) is 0 Å². The first-order valence-electron chi connectivity index (χ1n) is 16.3. The van der Waals surface area contributed by atoms with Gasteiger partial charge in [-0.25, -0.2) is 4.39 Å². The second-order valence-corrected chi connectivity index (χ2v) is 13.3. The largest absolute Gasteiger partial charge is 0.299 e. The normalized spacial score (nSPS) is 31.7. The summed E-state index contributed by atoms with van der Waals surface area (Å²) in [5, 5.41) is 0. The van der Waals surface area contributed by atoms with Gasteiger partial charge >= 0.3 is 0 Å². The summed E-state index contributed by atoms with van der Waals surface area (Å²) in [5.74, 6) is 2.58. The zero-order valence-corrected chi connectivity index (χ0v) is 28.2. The highest BCUT2D eigenvalue weighted by Crippen LogP contribution is 2.66. The van der Waals surface area contributed by atoms with Crippen molar-refractivity contribution in [1.29, 1.82) is 0 Å². The lowest BCUT2D eigenvalue weighted by Gasteiger charge is -2.57. The van der Waals surface area contributed by atoms with Gasteiger partial charge in [0.15, 0.2) is 5.78 Å². The van der Waals surface area contributed by atoms with Crippen LogP contribution in [0.4, 0.5) is 4.39 Å². The van der Waals surface area contributed by atoms with Crippen LogP contribution in [-0.2, 0) is 9.59 Å². The smallest absolute Gasteiger partial charge is 0.178 e. The van der Waals surface area contributed by atoms with Crippen LogP contribution < -0.4 is 0 Å². The maximum atomic E-state index is 14.1. The van der Waals surface area contributed by atoms with E-state index in [1.807, 2.05) is 26.8 Å². The van der Waals surface area contributed by atoms with Crippen LogP contribution in [0.5, 0.6) is 0 Å². The molecule has 0 spiro atoms. The molecule has 0 aromatic heterocycles. The molecule has 0 saturated heterocycles. The molecule has 0 heterocycles. The SMILES string of the molecule is C#C.C=C.CC.CC(CC(=O)C1CCC2C3CCC4=CC(=O)C=CC4(C)C3CCC12C)CC(C)(C)F.CCCCC. The fourth-order valence-corrected chi connectivity index (χ4v) is 8.47. The van der Waals surface area contributed by atoms with E-state index in [1.54, 1.807) is 19.9 Å². The Balaban J connectivity index is 0.00000128. The molecule has 4 rings (SSSR count). The van der Waals surface area contributed by atoms with Crippen LogP contribution in [-0.4, -0.2) is 17.2 Å². The quantitative estimate of drug-likeness (QED) is 0.225. The third-order valence-corrected chi connectivity index (χ3v) is 10.0. The molecule has 3 saturated carbocycles. The van der Waals surface area contributed by atoms with Crippen LogP contribution in [0.25, 0.3) is 0 Å². The number of hydrogen-bond donors (Lipinski definition) is 0. The predicted octanol–water partition coefficient (Wildman–Crippen LogP) is 10.9. The third-order valence-electron chi connectivity index (χ3n) is 10.0. The average Bonchev–Trinajstić information content (AvgIpc) is 3.29. The highest BCUT2D eigenvalue weighted by atomic mass is 19.1. The summed E-state index contributed by atoms with van der Waals surface area (Å²) in [6, 6.07) is 0. The molecule has 0 amide bonds. The summed E-state index contributed by atoms with van der Waals surface area (Å²) in [4.78, 5) is 25.2. The van der Waals surface area contributed by atoms with Crippen LogP contribution >= 0.6 is 0 Å². The lowest BCUT2D eigenvalue weighted by atomic mass is 9.47. The van der Waals surface area contributed by atoms with Crippen molar-refractivity contribution in [3.63, 3.8) is 0 Å². The van der Waals surface area contributed by atoms with Crippen LogP contribution in [0, 0.1) is 53.3 Å². The van der Waals surface area contributed by atoms with Crippen molar-refractivity contribution in [2.45, 2.75) is 139 Å². The summed E-state index contributed by atoms with van der Waals surface area (Å²) < 4.78 is 14.1. The summed E-state index contributed by atoms with van der Waals surface area (Å²) in [7, 11) is 0. The van der Waals surface area contributed by atoms with Crippen LogP contribution in [0.1, 0.15) is 133 Å². The number of carbonyl (C=O) groups excluding carboxylic acids is 2. The Morgan fingerprint density at radius 3 is 2.17 bits per heavy atom. The Bertz CT molecular complexity index is 888. The number of alkyl halides is 1. The molecule has 7 atom stereocenters. The molecular formula is C38H63FO2. The van der Waals surface area contributed by atoms with E-state index in [9.17, 15) is 14.0 Å². The van der Waals surface area contributed by atoms with Crippen molar-refractivity contribution in [2.24, 2.45) is 40.4 Å². The molecule has 0 aliphatic heterocycles. The third kappa shape index (κ3) is 9.80. The standard InChI is InChI=1S/C27H39FO2.C5H12.C2H6.C2H4.C2H2/c1-17(16-25(2,3)28)14-24(30)23-9-8-21-20-7-6-18-15-19(29)10-12-26(18,4)22(20)11-13-27(21,23)5;1-3-5-4-2;3*1-2/h10,12,15,17,20-23H,6-9,11,13-14,16H2,1-5H3;3-5H2,1-2H3;1-2H3;1-2H2;1-2H. The van der Waals surface area contributed by atoms with E-state index in [1.165, 1.54) is 24.8 Å². The number of unbranched alkanes of at least 4 members (excludes halogenated alkanes) is 2. The molecule has 4 aliphatic carbocycles. The lowest BCUT2D eigenvalue weighted by molar-refractivity contribution is -0.130. The Morgan fingerprint density at radius 1 is 1.07 bits per heavy atom. The van der Waals surface area contributed by atoms with Crippen molar-refractivity contribution in [3.8, 4) is 12.8 Å². The van der Waals surface area contributed by atoms with Gasteiger partial charge in [0.05, 0.1) is 0 Å². The Kier molecular flexibility index (Phi) is 17.0. The van der Waals surface area contributed by atoms with E-state index in [-0.39, 0.29) is 28.4 Å². The number of halogens is 1. The zero-order valence-electron chi connectivity index (χ0n) is 28.2. The number of hydrogen-bond acceptors (Lipinski definition) is 2. The Hall–Kier alpha value is -1.95. The maximum Gasteiger partial charge on any atom is 0.178 e. The molecule has 0 N–H and O–H groups in total. The van der Waals surface area contributed by atoms with Gasteiger partial charge in [-0.15, -0.1) is 26.0 Å². The van der Waals surface area contributed by atoms with Gasteiger partial charge in [0, 0.05) is 17.8 Å². The average molecular weight is 571 g/mol. The minimum absolute atomic E-state index is 0.0154. The van der Waals surface area contributed by atoms with E-state index in [4.69, 9.17) is 0 Å². The summed E-state index contributed by atoms with van der Waals surface area (Å²) in [6.45, 7) is 24.4. The van der Waals surface area contributed by atoms with Crippen LogP contribution in [0.2, 0.25) is 0 Å². The summed E-state index contributed by atoms with van der Waals surface area (Å²) >= 11 is 0. The van der Waals surface area contributed by atoms with Gasteiger partial charge < -0.3 is 0 Å². The topological polar surface area (TPSA) is 34.1 Å². The van der Waals surface area contributed by atoms with Crippen molar-refractivity contribution in [1.82, 2.24) is 0 Å². The number of ketones is 2. The fourth-order valence-electron chi connectivity index (χ4n) is 8.47. The van der Waals surface area contributed by atoms with E-state index in [2.05, 4.69) is 59.8 Å². The molecule has 0 radical (unpaired) electrons. The molecule has 4 aliphatic rings. The highest BCUT2D eigenvalue weighted by molar-refractivity contribution is 6.01. The number of rotatable bonds is 7. The first-order valence-corrected chi connectivity index (χ1v) is 16.3. The van der Waals surface area contributed by atoms with Crippen LogP contribution in [0.3, 0.4) is 0 Å². The monoisotopic (exact) mass is 570 g/mol. The number of allylic oxidation sites excluding steroid dienone is 4. The molecule has 0 aromatic rings. The van der Waals surface area contributed by atoms with Crippen molar-refractivity contribution in [2.75, 3.05) is 0 Å². The number of terminal acetylenes is 1. The molecule has 3 heteroatoms. The molecule has 3 fully saturated rings. The maximum absolute atomic E-state index is 14.1. The molecule has 0 aromatic carbocycles. The van der Waals surface area contributed by atoms with Gasteiger partial charge in [-0.2, -0.15) is 0 Å². The second kappa shape index (κ2) is 17.9. The number of carbonyl (C=O) groups is 2. The number of Topliss-reactive ketones (excluding diaryl/α,β-unsaturated/α-hetero) is 1. The van der Waals surface area contributed by atoms with E-state index < -0.39 is 5.67 Å². The van der Waals surface area contributed by atoms with Gasteiger partial charge in [-0.3, -0.25) is 9.59 Å². The molecule has 234 valence electrons. The first-order chi connectivity index (χ1) is 19.4. The van der Waals surface area contributed by atoms with E-state index >= 15 is 0 Å². The highest BCUT2D eigenvalue weighted by Gasteiger charge is 2.59. The van der Waals surface area contributed by atoms with Gasteiger partial charge in [0.25, 0.3) is 0 Å². The number of fused-ring (bicyclic) bond motifs is 5. The van der Waals surface area contributed by atoms with Gasteiger partial charge in [-0.05, 0) is 100 Å².